The normalized spacial score (nSPS) is 11.6. The summed E-state index contributed by atoms with van der Waals surface area (Å²) < 4.78 is 57.8. The summed E-state index contributed by atoms with van der Waals surface area (Å²) in [4.78, 5) is 0. The molecule has 0 aromatic heterocycles. The van der Waals surface area contributed by atoms with Crippen LogP contribution < -0.4 is 4.74 Å². The summed E-state index contributed by atoms with van der Waals surface area (Å²) >= 11 is 0. The summed E-state index contributed by atoms with van der Waals surface area (Å²) in [5, 5.41) is 0. The van der Waals surface area contributed by atoms with Gasteiger partial charge < -0.3 is 4.74 Å². The van der Waals surface area contributed by atoms with Crippen molar-refractivity contribution in [1.82, 2.24) is 0 Å². The van der Waals surface area contributed by atoms with E-state index < -0.39 is 24.1 Å². The average Bonchev–Trinajstić information content (AvgIpc) is 2.60. The minimum atomic E-state index is -1.10. The van der Waals surface area contributed by atoms with Gasteiger partial charge >= 0.3 is 0 Å². The molecule has 2 aromatic carbocycles. The van der Waals surface area contributed by atoms with Gasteiger partial charge in [-0.15, -0.1) is 0 Å². The summed E-state index contributed by atoms with van der Waals surface area (Å²) in [5.74, 6) is -2.86. The molecule has 1 nitrogen and oxygen atoms in total. The second-order valence-corrected chi connectivity index (χ2v) is 5.19. The van der Waals surface area contributed by atoms with Gasteiger partial charge in [-0.2, -0.15) is 4.39 Å². The molecule has 0 aliphatic rings. The fourth-order valence-corrected chi connectivity index (χ4v) is 2.32. The van der Waals surface area contributed by atoms with Gasteiger partial charge in [-0.3, -0.25) is 0 Å². The van der Waals surface area contributed by atoms with Gasteiger partial charge in [0.2, 0.25) is 5.82 Å². The summed E-state index contributed by atoms with van der Waals surface area (Å²) in [6.45, 7) is 0.849. The van der Waals surface area contributed by atoms with E-state index in [1.165, 1.54) is 18.2 Å². The summed E-state index contributed by atoms with van der Waals surface area (Å²) in [5.41, 5.74) is 1.57. The zero-order chi connectivity index (χ0) is 17.5. The van der Waals surface area contributed by atoms with Crippen LogP contribution >= 0.6 is 0 Å². The van der Waals surface area contributed by atoms with Gasteiger partial charge in [0.05, 0.1) is 6.61 Å². The summed E-state index contributed by atoms with van der Waals surface area (Å²) in [6, 6.07) is 9.72. The zero-order valence-electron chi connectivity index (χ0n) is 13.3. The van der Waals surface area contributed by atoms with E-state index in [9.17, 15) is 17.6 Å². The predicted octanol–water partition coefficient (Wildman–Crippen LogP) is 5.79. The van der Waals surface area contributed by atoms with E-state index in [1.807, 2.05) is 0 Å². The first-order valence-electron chi connectivity index (χ1n) is 7.67. The highest BCUT2D eigenvalue weighted by Crippen LogP contribution is 2.30. The molecule has 0 N–H and O–H groups in total. The van der Waals surface area contributed by atoms with Crippen LogP contribution in [0.2, 0.25) is 0 Å². The third-order valence-corrected chi connectivity index (χ3v) is 3.54. The number of hydrogen-bond donors (Lipinski definition) is 0. The fraction of sp³-hybridized carbons (Fsp3) is 0.263. The number of rotatable bonds is 7. The number of alkyl halides is 1. The molecule has 0 heterocycles. The van der Waals surface area contributed by atoms with Crippen LogP contribution in [-0.2, 0) is 6.42 Å². The van der Waals surface area contributed by atoms with E-state index in [0.717, 1.165) is 5.56 Å². The van der Waals surface area contributed by atoms with E-state index >= 15 is 0 Å². The molecular formula is C19H18F4O. The Hall–Kier alpha value is -2.30. The molecule has 0 aliphatic heterocycles. The van der Waals surface area contributed by atoms with Gasteiger partial charge in [0.15, 0.2) is 11.6 Å². The predicted molar refractivity (Wildman–Crippen MR) is 86.5 cm³/mol. The lowest BCUT2D eigenvalue weighted by Crippen LogP contribution is -1.98. The third-order valence-electron chi connectivity index (χ3n) is 3.54. The molecule has 0 amide bonds. The molecule has 0 saturated heterocycles. The lowest BCUT2D eigenvalue weighted by Gasteiger charge is -2.09. The lowest BCUT2D eigenvalue weighted by molar-refractivity contribution is 0.314. The highest BCUT2D eigenvalue weighted by atomic mass is 19.2. The Morgan fingerprint density at radius 2 is 1.75 bits per heavy atom. The molecule has 2 aromatic rings. The van der Waals surface area contributed by atoms with Crippen molar-refractivity contribution in [2.75, 3.05) is 13.3 Å². The highest BCUT2D eigenvalue weighted by Gasteiger charge is 2.15. The maximum absolute atomic E-state index is 14.2. The van der Waals surface area contributed by atoms with Gasteiger partial charge in [0.25, 0.3) is 0 Å². The third kappa shape index (κ3) is 4.37. The van der Waals surface area contributed by atoms with Gasteiger partial charge in [0, 0.05) is 5.56 Å². The second kappa shape index (κ2) is 8.52. The fourth-order valence-electron chi connectivity index (χ4n) is 2.32. The highest BCUT2D eigenvalue weighted by molar-refractivity contribution is 5.65. The molecule has 2 rings (SSSR count). The molecule has 0 spiro atoms. The first-order chi connectivity index (χ1) is 11.6. The van der Waals surface area contributed by atoms with E-state index in [4.69, 9.17) is 4.74 Å². The van der Waals surface area contributed by atoms with Crippen molar-refractivity contribution in [3.8, 4) is 16.9 Å². The minimum absolute atomic E-state index is 0.114. The first kappa shape index (κ1) is 18.0. The molecule has 0 unspecified atom stereocenters. The Morgan fingerprint density at radius 3 is 2.38 bits per heavy atom. The molecule has 24 heavy (non-hydrogen) atoms. The van der Waals surface area contributed by atoms with Crippen LogP contribution in [0.4, 0.5) is 17.6 Å². The topological polar surface area (TPSA) is 9.23 Å². The molecule has 0 saturated carbocycles. The van der Waals surface area contributed by atoms with Crippen molar-refractivity contribution in [2.45, 2.75) is 19.8 Å². The average molecular weight is 338 g/mol. The Kier molecular flexibility index (Phi) is 6.41. The van der Waals surface area contributed by atoms with Crippen LogP contribution in [-0.4, -0.2) is 13.3 Å². The van der Waals surface area contributed by atoms with Crippen LogP contribution in [0.1, 0.15) is 18.9 Å². The molecule has 0 radical (unpaired) electrons. The maximum Gasteiger partial charge on any atom is 0.201 e. The van der Waals surface area contributed by atoms with Crippen molar-refractivity contribution < 1.29 is 22.3 Å². The second-order valence-electron chi connectivity index (χ2n) is 5.19. The van der Waals surface area contributed by atoms with Crippen LogP contribution in [0, 0.1) is 11.6 Å². The number of aryl methyl sites for hydroxylation is 1. The lowest BCUT2D eigenvalue weighted by atomic mass is 10.0. The molecule has 128 valence electrons. The number of benzene rings is 2. The van der Waals surface area contributed by atoms with Gasteiger partial charge in [-0.25, -0.2) is 13.2 Å². The van der Waals surface area contributed by atoms with Crippen molar-refractivity contribution in [1.29, 1.82) is 0 Å². The summed E-state index contributed by atoms with van der Waals surface area (Å²) in [6.07, 6.45) is 2.12. The number of allylic oxidation sites excluding steroid dienone is 2. The summed E-state index contributed by atoms with van der Waals surface area (Å²) in [7, 11) is 0. The number of ether oxygens (including phenoxy) is 1. The largest absolute Gasteiger partial charge is 0.491 e. The molecule has 0 bridgehead atoms. The number of halogens is 4. The Bertz CT molecular complexity index is 708. The van der Waals surface area contributed by atoms with Crippen molar-refractivity contribution >= 4 is 0 Å². The van der Waals surface area contributed by atoms with E-state index in [-0.39, 0.29) is 17.9 Å². The van der Waals surface area contributed by atoms with E-state index in [0.29, 0.717) is 18.4 Å². The molecule has 0 fully saturated rings. The minimum Gasteiger partial charge on any atom is -0.491 e. The van der Waals surface area contributed by atoms with Gasteiger partial charge in [-0.1, -0.05) is 24.3 Å². The monoisotopic (exact) mass is 338 g/mol. The number of hydrogen-bond acceptors (Lipinski definition) is 1. The van der Waals surface area contributed by atoms with E-state index in [2.05, 4.69) is 0 Å². The standard InChI is InChI=1S/C19H18F4O/c1-2-24-17-11-10-16(18(22)19(17)23)14-8-6-13(7-9-14)4-3-5-15(21)12-20/h5-11H,2-4,12H2,1H3/b15-5-. The van der Waals surface area contributed by atoms with Crippen LogP contribution in [0.25, 0.3) is 11.1 Å². The van der Waals surface area contributed by atoms with Crippen molar-refractivity contribution in [3.63, 3.8) is 0 Å². The van der Waals surface area contributed by atoms with Crippen molar-refractivity contribution in [3.05, 3.63) is 65.5 Å². The molecular weight excluding hydrogens is 320 g/mol. The Morgan fingerprint density at radius 1 is 1.04 bits per heavy atom. The Balaban J connectivity index is 2.15. The van der Waals surface area contributed by atoms with Crippen molar-refractivity contribution in [2.24, 2.45) is 0 Å². The first-order valence-corrected chi connectivity index (χ1v) is 7.67. The van der Waals surface area contributed by atoms with Crippen LogP contribution in [0.5, 0.6) is 5.75 Å². The zero-order valence-corrected chi connectivity index (χ0v) is 13.3. The van der Waals surface area contributed by atoms with Gasteiger partial charge in [0.1, 0.15) is 12.5 Å². The molecule has 0 atom stereocenters. The molecule has 0 aliphatic carbocycles. The van der Waals surface area contributed by atoms with Crippen LogP contribution in [0.15, 0.2) is 48.3 Å². The maximum atomic E-state index is 14.2. The Labute approximate surface area is 138 Å². The molecule has 5 heteroatoms. The van der Waals surface area contributed by atoms with Gasteiger partial charge in [-0.05, 0) is 49.1 Å². The quantitative estimate of drug-likeness (QED) is 0.581. The smallest absolute Gasteiger partial charge is 0.201 e. The van der Waals surface area contributed by atoms with Crippen LogP contribution in [0.3, 0.4) is 0 Å². The van der Waals surface area contributed by atoms with E-state index in [1.54, 1.807) is 31.2 Å². The SMILES string of the molecule is CCOc1ccc(-c2ccc(CC/C=C(\F)CF)cc2)c(F)c1F.